The first kappa shape index (κ1) is 22.0. The Balaban J connectivity index is 1.74. The Hall–Kier alpha value is -4.25. The maximum absolute atomic E-state index is 13.2. The smallest absolute Gasteiger partial charge is 0.276 e. The fourth-order valence-electron chi connectivity index (χ4n) is 3.60. The van der Waals surface area contributed by atoms with Crippen molar-refractivity contribution >= 4 is 17.6 Å². The van der Waals surface area contributed by atoms with Gasteiger partial charge in [-0.25, -0.2) is 4.98 Å². The van der Waals surface area contributed by atoms with Crippen molar-refractivity contribution in [2.24, 2.45) is 5.92 Å². The molecule has 8 nitrogen and oxygen atoms in total. The van der Waals surface area contributed by atoms with E-state index in [1.807, 2.05) is 44.2 Å². The van der Waals surface area contributed by atoms with E-state index in [-0.39, 0.29) is 35.7 Å². The molecule has 4 rings (SSSR count). The van der Waals surface area contributed by atoms with Gasteiger partial charge >= 0.3 is 0 Å². The number of carbonyl (C=O) groups is 1. The minimum absolute atomic E-state index is 0.146. The highest BCUT2D eigenvalue weighted by Crippen LogP contribution is 2.18. The summed E-state index contributed by atoms with van der Waals surface area (Å²) in [5.74, 6) is 0.0361. The molecular weight excluding hydrogens is 416 g/mol. The summed E-state index contributed by atoms with van der Waals surface area (Å²) in [6.45, 7) is 5.65. The minimum atomic E-state index is -0.281. The molecule has 4 aromatic rings. The van der Waals surface area contributed by atoms with E-state index >= 15 is 0 Å². The number of amides is 1. The fraction of sp³-hybridized carbons (Fsp3) is 0.240. The molecule has 1 amide bonds. The molecule has 0 atom stereocenters. The number of benzene rings is 2. The molecule has 1 N–H and O–H groups in total. The van der Waals surface area contributed by atoms with E-state index in [1.54, 1.807) is 31.2 Å². The van der Waals surface area contributed by atoms with Crippen LogP contribution < -0.4 is 10.5 Å². The SMILES string of the molecule is Cc1nc2nc(N(Cc3ccc(C#N)cc3)C(=O)C(C)C)[nH]n2c(=O)c1Cc1ccccc1. The zero-order valence-electron chi connectivity index (χ0n) is 18.7. The van der Waals surface area contributed by atoms with E-state index in [1.165, 1.54) is 9.42 Å². The van der Waals surface area contributed by atoms with E-state index < -0.39 is 0 Å². The van der Waals surface area contributed by atoms with E-state index in [0.29, 0.717) is 23.2 Å². The number of nitrogens with one attached hydrogen (secondary N) is 1. The molecular formula is C25H24N6O2. The summed E-state index contributed by atoms with van der Waals surface area (Å²) in [6.07, 6.45) is 0.454. The average Bonchev–Trinajstić information content (AvgIpc) is 3.24. The molecule has 0 fully saturated rings. The van der Waals surface area contributed by atoms with Crippen LogP contribution >= 0.6 is 0 Å². The van der Waals surface area contributed by atoms with Crippen molar-refractivity contribution in [1.82, 2.24) is 19.6 Å². The maximum atomic E-state index is 13.2. The normalized spacial score (nSPS) is 11.0. The van der Waals surface area contributed by atoms with Crippen LogP contribution in [0.1, 0.15) is 41.8 Å². The Morgan fingerprint density at radius 3 is 2.42 bits per heavy atom. The third-order valence-corrected chi connectivity index (χ3v) is 5.45. The van der Waals surface area contributed by atoms with Gasteiger partial charge in [0, 0.05) is 17.9 Å². The first-order valence-electron chi connectivity index (χ1n) is 10.7. The molecule has 2 aromatic carbocycles. The van der Waals surface area contributed by atoms with Crippen molar-refractivity contribution in [3.8, 4) is 6.07 Å². The number of anilines is 1. The van der Waals surface area contributed by atoms with E-state index in [2.05, 4.69) is 21.1 Å². The standard InChI is InChI=1S/C25H24N6O2/c1-16(2)22(32)30(15-20-11-9-19(14-26)10-12-20)25-28-24-27-17(3)21(23(33)31(24)29-25)13-18-7-5-4-6-8-18/h4-12,16H,13,15H2,1-3H3,(H,27,28,29). The largest absolute Gasteiger partial charge is 0.277 e. The van der Waals surface area contributed by atoms with Crippen LogP contribution in [0, 0.1) is 24.2 Å². The first-order valence-corrected chi connectivity index (χ1v) is 10.7. The van der Waals surface area contributed by atoms with E-state index in [4.69, 9.17) is 5.26 Å². The van der Waals surface area contributed by atoms with Gasteiger partial charge in [0.2, 0.25) is 11.9 Å². The molecule has 2 heterocycles. The zero-order valence-corrected chi connectivity index (χ0v) is 18.7. The topological polar surface area (TPSA) is 107 Å². The quantitative estimate of drug-likeness (QED) is 0.495. The van der Waals surface area contributed by atoms with Crippen molar-refractivity contribution in [3.63, 3.8) is 0 Å². The van der Waals surface area contributed by atoms with Crippen LogP contribution in [0.15, 0.2) is 59.4 Å². The van der Waals surface area contributed by atoms with Gasteiger partial charge in [-0.3, -0.25) is 19.6 Å². The monoisotopic (exact) mass is 440 g/mol. The number of nitrogens with zero attached hydrogens (tertiary/aromatic N) is 5. The van der Waals surface area contributed by atoms with Crippen LogP contribution in [-0.4, -0.2) is 25.5 Å². The van der Waals surface area contributed by atoms with Crippen LogP contribution in [0.4, 0.5) is 5.95 Å². The molecule has 8 heteroatoms. The van der Waals surface area contributed by atoms with Crippen molar-refractivity contribution < 1.29 is 4.79 Å². The summed E-state index contributed by atoms with van der Waals surface area (Å²) in [6, 6.07) is 18.8. The number of hydrogen-bond acceptors (Lipinski definition) is 5. The summed E-state index contributed by atoms with van der Waals surface area (Å²) < 4.78 is 1.29. The lowest BCUT2D eigenvalue weighted by atomic mass is 10.1. The highest BCUT2D eigenvalue weighted by Gasteiger charge is 2.24. The zero-order chi connectivity index (χ0) is 23.5. The molecule has 0 aliphatic carbocycles. The molecule has 166 valence electrons. The summed E-state index contributed by atoms with van der Waals surface area (Å²) in [5.41, 5.74) is 3.33. The van der Waals surface area contributed by atoms with Gasteiger partial charge in [0.25, 0.3) is 11.3 Å². The number of rotatable bonds is 6. The van der Waals surface area contributed by atoms with Crippen LogP contribution in [0.2, 0.25) is 0 Å². The molecule has 0 bridgehead atoms. The van der Waals surface area contributed by atoms with Crippen LogP contribution in [0.25, 0.3) is 5.78 Å². The second-order valence-electron chi connectivity index (χ2n) is 8.21. The van der Waals surface area contributed by atoms with Crippen molar-refractivity contribution in [1.29, 1.82) is 5.26 Å². The van der Waals surface area contributed by atoms with Gasteiger partial charge in [0.15, 0.2) is 0 Å². The lowest BCUT2D eigenvalue weighted by molar-refractivity contribution is -0.121. The lowest BCUT2D eigenvalue weighted by Gasteiger charge is -2.21. The average molecular weight is 441 g/mol. The number of carbonyl (C=O) groups excluding carboxylic acids is 1. The van der Waals surface area contributed by atoms with Crippen LogP contribution in [-0.2, 0) is 17.8 Å². The number of aromatic nitrogens is 4. The Morgan fingerprint density at radius 1 is 1.09 bits per heavy atom. The molecule has 0 aliphatic heterocycles. The second kappa shape index (κ2) is 9.09. The summed E-state index contributed by atoms with van der Waals surface area (Å²) in [5, 5.41) is 12.0. The van der Waals surface area contributed by atoms with Gasteiger partial charge in [-0.2, -0.15) is 14.8 Å². The Morgan fingerprint density at radius 2 is 1.79 bits per heavy atom. The third-order valence-electron chi connectivity index (χ3n) is 5.45. The molecule has 0 saturated heterocycles. The molecule has 0 saturated carbocycles. The lowest BCUT2D eigenvalue weighted by Crippen LogP contribution is -2.34. The van der Waals surface area contributed by atoms with Crippen molar-refractivity contribution in [3.05, 3.63) is 92.9 Å². The van der Waals surface area contributed by atoms with Crippen LogP contribution in [0.3, 0.4) is 0 Å². The number of hydrogen-bond donors (Lipinski definition) is 1. The van der Waals surface area contributed by atoms with Gasteiger partial charge in [-0.1, -0.05) is 56.3 Å². The second-order valence-corrected chi connectivity index (χ2v) is 8.21. The van der Waals surface area contributed by atoms with E-state index in [9.17, 15) is 9.59 Å². The van der Waals surface area contributed by atoms with Gasteiger partial charge in [-0.05, 0) is 30.2 Å². The molecule has 0 unspecified atom stereocenters. The van der Waals surface area contributed by atoms with E-state index in [0.717, 1.165) is 11.1 Å². The summed E-state index contributed by atoms with van der Waals surface area (Å²) in [7, 11) is 0. The number of fused-ring (bicyclic) bond motifs is 1. The van der Waals surface area contributed by atoms with Gasteiger partial charge in [0.1, 0.15) is 0 Å². The number of aryl methyl sites for hydroxylation is 1. The minimum Gasteiger partial charge on any atom is -0.276 e. The first-order chi connectivity index (χ1) is 15.9. The maximum Gasteiger partial charge on any atom is 0.277 e. The Bertz CT molecular complexity index is 1400. The molecule has 0 spiro atoms. The molecule has 0 radical (unpaired) electrons. The molecule has 2 aromatic heterocycles. The highest BCUT2D eigenvalue weighted by molar-refractivity contribution is 5.93. The third kappa shape index (κ3) is 4.53. The Kier molecular flexibility index (Phi) is 6.05. The predicted octanol–water partition coefficient (Wildman–Crippen LogP) is 3.38. The molecule has 0 aliphatic rings. The predicted molar refractivity (Wildman–Crippen MR) is 125 cm³/mol. The van der Waals surface area contributed by atoms with Gasteiger partial charge in [0.05, 0.1) is 23.9 Å². The van der Waals surface area contributed by atoms with Gasteiger partial charge < -0.3 is 0 Å². The van der Waals surface area contributed by atoms with Gasteiger partial charge in [-0.15, -0.1) is 0 Å². The number of aromatic amines is 1. The van der Waals surface area contributed by atoms with Crippen molar-refractivity contribution in [2.45, 2.75) is 33.7 Å². The van der Waals surface area contributed by atoms with Crippen molar-refractivity contribution in [2.75, 3.05) is 4.90 Å². The number of nitriles is 1. The summed E-state index contributed by atoms with van der Waals surface area (Å²) in [4.78, 5) is 36.7. The fourth-order valence-corrected chi connectivity index (χ4v) is 3.60. The van der Waals surface area contributed by atoms with Crippen LogP contribution in [0.5, 0.6) is 0 Å². The summed E-state index contributed by atoms with van der Waals surface area (Å²) >= 11 is 0. The highest BCUT2D eigenvalue weighted by atomic mass is 16.2. The number of H-pyrrole nitrogens is 1. The Labute approximate surface area is 191 Å². The molecule has 33 heavy (non-hydrogen) atoms.